The van der Waals surface area contributed by atoms with E-state index in [-0.39, 0.29) is 6.04 Å². The summed E-state index contributed by atoms with van der Waals surface area (Å²) in [5.41, 5.74) is 0.761. The molecule has 0 aromatic carbocycles. The van der Waals surface area contributed by atoms with Gasteiger partial charge in [0.15, 0.2) is 0 Å². The van der Waals surface area contributed by atoms with Crippen molar-refractivity contribution in [1.82, 2.24) is 20.4 Å². The zero-order chi connectivity index (χ0) is 13.1. The zero-order valence-electron chi connectivity index (χ0n) is 10.8. The minimum atomic E-state index is 0.175. The maximum absolute atomic E-state index is 5.48. The van der Waals surface area contributed by atoms with E-state index in [2.05, 4.69) is 20.4 Å². The number of rotatable bonds is 4. The van der Waals surface area contributed by atoms with Gasteiger partial charge in [-0.05, 0) is 38.4 Å². The van der Waals surface area contributed by atoms with Crippen LogP contribution in [0.4, 0.5) is 0 Å². The Morgan fingerprint density at radius 2 is 2.47 bits per heavy atom. The van der Waals surface area contributed by atoms with Gasteiger partial charge >= 0.3 is 0 Å². The van der Waals surface area contributed by atoms with Crippen molar-refractivity contribution in [2.75, 3.05) is 13.2 Å². The fourth-order valence-electron chi connectivity index (χ4n) is 2.19. The number of hydrogen-bond donors (Lipinski definition) is 1. The number of nitrogens with zero attached hydrogens (tertiary/aromatic N) is 3. The van der Waals surface area contributed by atoms with Crippen LogP contribution in [0.2, 0.25) is 0 Å². The predicted molar refractivity (Wildman–Crippen MR) is 68.7 cm³/mol. The number of hydrogen-bond acceptors (Lipinski definition) is 6. The second-order valence-electron chi connectivity index (χ2n) is 4.39. The van der Waals surface area contributed by atoms with Crippen LogP contribution in [0.3, 0.4) is 0 Å². The van der Waals surface area contributed by atoms with Crippen molar-refractivity contribution >= 4 is 0 Å². The molecule has 19 heavy (non-hydrogen) atoms. The van der Waals surface area contributed by atoms with Gasteiger partial charge in [0.2, 0.25) is 17.6 Å². The fourth-order valence-corrected chi connectivity index (χ4v) is 2.19. The lowest BCUT2D eigenvalue weighted by Crippen LogP contribution is -2.13. The van der Waals surface area contributed by atoms with E-state index in [9.17, 15) is 0 Å². The van der Waals surface area contributed by atoms with Crippen molar-refractivity contribution in [2.24, 2.45) is 0 Å². The van der Waals surface area contributed by atoms with Crippen LogP contribution in [0.15, 0.2) is 22.9 Å². The highest BCUT2D eigenvalue weighted by atomic mass is 16.5. The molecule has 1 saturated heterocycles. The zero-order valence-corrected chi connectivity index (χ0v) is 10.8. The van der Waals surface area contributed by atoms with Gasteiger partial charge in [-0.25, -0.2) is 4.98 Å². The minimum absolute atomic E-state index is 0.175. The van der Waals surface area contributed by atoms with Crippen LogP contribution >= 0.6 is 0 Å². The first-order valence-electron chi connectivity index (χ1n) is 6.53. The molecule has 1 aliphatic heterocycles. The second-order valence-corrected chi connectivity index (χ2v) is 4.39. The van der Waals surface area contributed by atoms with E-state index in [0.717, 1.165) is 24.9 Å². The third kappa shape index (κ3) is 2.44. The normalized spacial score (nSPS) is 18.7. The lowest BCUT2D eigenvalue weighted by atomic mass is 10.2. The predicted octanol–water partition coefficient (Wildman–Crippen LogP) is 1.95. The average molecular weight is 260 g/mol. The Bertz CT molecular complexity index is 549. The minimum Gasteiger partial charge on any atom is -0.477 e. The molecule has 6 heteroatoms. The van der Waals surface area contributed by atoms with E-state index in [1.807, 2.05) is 19.1 Å². The summed E-state index contributed by atoms with van der Waals surface area (Å²) in [4.78, 5) is 8.64. The summed E-state index contributed by atoms with van der Waals surface area (Å²) in [5.74, 6) is 1.70. The molecule has 3 heterocycles. The molecule has 1 fully saturated rings. The van der Waals surface area contributed by atoms with Crippen LogP contribution in [-0.2, 0) is 0 Å². The van der Waals surface area contributed by atoms with E-state index >= 15 is 0 Å². The van der Waals surface area contributed by atoms with Crippen molar-refractivity contribution < 1.29 is 9.26 Å². The smallest absolute Gasteiger partial charge is 0.244 e. The molecule has 1 N–H and O–H groups in total. The van der Waals surface area contributed by atoms with Crippen molar-refractivity contribution in [1.29, 1.82) is 0 Å². The molecule has 0 unspecified atom stereocenters. The van der Waals surface area contributed by atoms with Gasteiger partial charge in [-0.15, -0.1) is 0 Å². The highest BCUT2D eigenvalue weighted by Crippen LogP contribution is 2.28. The molecule has 2 aromatic heterocycles. The van der Waals surface area contributed by atoms with E-state index in [0.29, 0.717) is 24.2 Å². The molecule has 1 atom stereocenters. The van der Waals surface area contributed by atoms with Crippen molar-refractivity contribution in [3.63, 3.8) is 0 Å². The number of aromatic nitrogens is 3. The van der Waals surface area contributed by atoms with E-state index in [4.69, 9.17) is 9.26 Å². The largest absolute Gasteiger partial charge is 0.477 e. The van der Waals surface area contributed by atoms with Crippen molar-refractivity contribution in [3.8, 4) is 17.3 Å². The Morgan fingerprint density at radius 1 is 1.53 bits per heavy atom. The first-order valence-corrected chi connectivity index (χ1v) is 6.53. The van der Waals surface area contributed by atoms with Gasteiger partial charge in [-0.1, -0.05) is 5.16 Å². The Hall–Kier alpha value is -1.95. The molecule has 6 nitrogen and oxygen atoms in total. The SMILES string of the molecule is CCOc1ncccc1-c1noc([C@@H]2CCCN2)n1. The third-order valence-electron chi connectivity index (χ3n) is 3.09. The molecule has 1 aliphatic rings. The molecule has 2 aromatic rings. The molecule has 0 saturated carbocycles. The highest BCUT2D eigenvalue weighted by molar-refractivity contribution is 5.60. The quantitative estimate of drug-likeness (QED) is 0.905. The summed E-state index contributed by atoms with van der Waals surface area (Å²) in [5, 5.41) is 7.36. The van der Waals surface area contributed by atoms with Crippen molar-refractivity contribution in [3.05, 3.63) is 24.2 Å². The van der Waals surface area contributed by atoms with Crippen LogP contribution in [0.5, 0.6) is 5.88 Å². The Kier molecular flexibility index (Phi) is 3.41. The molecule has 3 rings (SSSR count). The van der Waals surface area contributed by atoms with E-state index in [1.54, 1.807) is 6.20 Å². The number of nitrogens with one attached hydrogen (secondary N) is 1. The Morgan fingerprint density at radius 3 is 3.26 bits per heavy atom. The first-order chi connectivity index (χ1) is 9.38. The van der Waals surface area contributed by atoms with Gasteiger partial charge < -0.3 is 14.6 Å². The molecule has 0 amide bonds. The van der Waals surface area contributed by atoms with Crippen LogP contribution in [0.25, 0.3) is 11.4 Å². The first kappa shape index (κ1) is 12.1. The standard InChI is InChI=1S/C13H16N4O2/c1-2-18-12-9(5-3-8-15-12)11-16-13(19-17-11)10-6-4-7-14-10/h3,5,8,10,14H,2,4,6-7H2,1H3/t10-/m0/s1. The maximum atomic E-state index is 5.48. The molecular formula is C13H16N4O2. The van der Waals surface area contributed by atoms with Gasteiger partial charge in [-0.2, -0.15) is 4.98 Å². The maximum Gasteiger partial charge on any atom is 0.244 e. The second kappa shape index (κ2) is 5.36. The lowest BCUT2D eigenvalue weighted by Gasteiger charge is -2.04. The summed E-state index contributed by atoms with van der Waals surface area (Å²) < 4.78 is 10.8. The topological polar surface area (TPSA) is 73.1 Å². The van der Waals surface area contributed by atoms with Crippen molar-refractivity contribution in [2.45, 2.75) is 25.8 Å². The van der Waals surface area contributed by atoms with Gasteiger partial charge in [-0.3, -0.25) is 0 Å². The number of ether oxygens (including phenoxy) is 1. The summed E-state index contributed by atoms with van der Waals surface area (Å²) in [6, 6.07) is 3.89. The molecule has 0 spiro atoms. The highest BCUT2D eigenvalue weighted by Gasteiger charge is 2.23. The summed E-state index contributed by atoms with van der Waals surface area (Å²) in [6.45, 7) is 3.47. The van der Waals surface area contributed by atoms with Gasteiger partial charge in [0.1, 0.15) is 0 Å². The van der Waals surface area contributed by atoms with Gasteiger partial charge in [0, 0.05) is 6.20 Å². The molecule has 0 bridgehead atoms. The lowest BCUT2D eigenvalue weighted by molar-refractivity contribution is 0.327. The Balaban J connectivity index is 1.89. The van der Waals surface area contributed by atoms with Crippen LogP contribution in [0.1, 0.15) is 31.7 Å². The summed E-state index contributed by atoms with van der Waals surface area (Å²) in [7, 11) is 0. The Labute approximate surface area is 111 Å². The van der Waals surface area contributed by atoms with Gasteiger partial charge in [0.05, 0.1) is 18.2 Å². The molecule has 0 aliphatic carbocycles. The van der Waals surface area contributed by atoms with Gasteiger partial charge in [0.25, 0.3) is 0 Å². The van der Waals surface area contributed by atoms with Crippen LogP contribution in [-0.4, -0.2) is 28.3 Å². The molecular weight excluding hydrogens is 244 g/mol. The summed E-state index contributed by atoms with van der Waals surface area (Å²) in [6.07, 6.45) is 3.86. The monoisotopic (exact) mass is 260 g/mol. The summed E-state index contributed by atoms with van der Waals surface area (Å²) >= 11 is 0. The van der Waals surface area contributed by atoms with E-state index < -0.39 is 0 Å². The van der Waals surface area contributed by atoms with Crippen LogP contribution < -0.4 is 10.1 Å². The van der Waals surface area contributed by atoms with E-state index in [1.165, 1.54) is 0 Å². The van der Waals surface area contributed by atoms with Crippen LogP contribution in [0, 0.1) is 0 Å². The molecule has 100 valence electrons. The number of pyridine rings is 1. The fraction of sp³-hybridized carbons (Fsp3) is 0.462. The third-order valence-corrected chi connectivity index (χ3v) is 3.09. The molecule has 0 radical (unpaired) electrons. The average Bonchev–Trinajstić information content (AvgIpc) is 3.11.